The lowest BCUT2D eigenvalue weighted by atomic mass is 9.88. The van der Waals surface area contributed by atoms with Gasteiger partial charge in [0.25, 0.3) is 0 Å². The van der Waals surface area contributed by atoms with Crippen molar-refractivity contribution in [3.8, 4) is 0 Å². The summed E-state index contributed by atoms with van der Waals surface area (Å²) >= 11 is 0. The number of benzene rings is 1. The van der Waals surface area contributed by atoms with Crippen molar-refractivity contribution in [3.05, 3.63) is 35.4 Å². The first-order valence-corrected chi connectivity index (χ1v) is 7.91. The second-order valence-corrected chi connectivity index (χ2v) is 6.47. The molecule has 20 heavy (non-hydrogen) atoms. The van der Waals surface area contributed by atoms with Crippen LogP contribution in [0.4, 0.5) is 0 Å². The Morgan fingerprint density at radius 3 is 2.80 bits per heavy atom. The Kier molecular flexibility index (Phi) is 5.22. The molecule has 1 aromatic rings. The second kappa shape index (κ2) is 6.92. The summed E-state index contributed by atoms with van der Waals surface area (Å²) in [6, 6.07) is 8.60. The van der Waals surface area contributed by atoms with Crippen molar-refractivity contribution in [2.24, 2.45) is 5.92 Å². The maximum atomic E-state index is 12.3. The zero-order valence-electron chi connectivity index (χ0n) is 13.1. The molecule has 1 aliphatic heterocycles. The highest BCUT2D eigenvalue weighted by Gasteiger charge is 2.25. The van der Waals surface area contributed by atoms with Crippen molar-refractivity contribution in [2.45, 2.75) is 52.4 Å². The second-order valence-electron chi connectivity index (χ2n) is 6.47. The molecule has 1 atom stereocenters. The molecule has 2 heteroatoms. The van der Waals surface area contributed by atoms with E-state index in [1.807, 2.05) is 0 Å². The quantitative estimate of drug-likeness (QED) is 0.807. The molecule has 0 aliphatic carbocycles. The van der Waals surface area contributed by atoms with E-state index in [1.165, 1.54) is 17.5 Å². The maximum Gasteiger partial charge on any atom is 0.222 e. The van der Waals surface area contributed by atoms with E-state index >= 15 is 0 Å². The van der Waals surface area contributed by atoms with Crippen LogP contribution in [0.1, 0.15) is 56.6 Å². The average Bonchev–Trinajstić information content (AvgIpc) is 2.45. The molecule has 0 aromatic heterocycles. The molecule has 1 aromatic carbocycles. The molecule has 1 saturated heterocycles. The molecule has 2 rings (SSSR count). The van der Waals surface area contributed by atoms with Crippen LogP contribution >= 0.6 is 0 Å². The maximum absolute atomic E-state index is 12.3. The molecule has 0 saturated carbocycles. The van der Waals surface area contributed by atoms with Crippen LogP contribution in [-0.2, 0) is 4.79 Å². The van der Waals surface area contributed by atoms with Crippen molar-refractivity contribution >= 4 is 5.91 Å². The molecular formula is C18H27NO. The Morgan fingerprint density at radius 2 is 2.10 bits per heavy atom. The van der Waals surface area contributed by atoms with Gasteiger partial charge >= 0.3 is 0 Å². The third-order valence-corrected chi connectivity index (χ3v) is 4.34. The summed E-state index contributed by atoms with van der Waals surface area (Å²) in [5, 5.41) is 0. The summed E-state index contributed by atoms with van der Waals surface area (Å²) in [5.41, 5.74) is 2.78. The number of amides is 1. The average molecular weight is 273 g/mol. The highest BCUT2D eigenvalue weighted by molar-refractivity contribution is 5.76. The van der Waals surface area contributed by atoms with Gasteiger partial charge in [-0.3, -0.25) is 4.79 Å². The first kappa shape index (κ1) is 15.1. The van der Waals surface area contributed by atoms with Crippen LogP contribution < -0.4 is 0 Å². The lowest BCUT2D eigenvalue weighted by Crippen LogP contribution is -2.39. The van der Waals surface area contributed by atoms with Gasteiger partial charge in [0.1, 0.15) is 0 Å². The Labute approximate surface area is 123 Å². The van der Waals surface area contributed by atoms with E-state index in [0.29, 0.717) is 24.2 Å². The van der Waals surface area contributed by atoms with Gasteiger partial charge in [-0.25, -0.2) is 0 Å². The standard InChI is InChI=1S/C18H27NO/c1-14(2)10-11-18(20)19-12-6-8-16(13-19)17-9-5-4-7-15(17)3/h4-5,7,9,14,16H,6,8,10-13H2,1-3H3. The van der Waals surface area contributed by atoms with E-state index < -0.39 is 0 Å². The van der Waals surface area contributed by atoms with Gasteiger partial charge in [0.05, 0.1) is 0 Å². The Balaban J connectivity index is 1.98. The van der Waals surface area contributed by atoms with Gasteiger partial charge in [0.15, 0.2) is 0 Å². The number of piperidine rings is 1. The first-order chi connectivity index (χ1) is 9.58. The summed E-state index contributed by atoms with van der Waals surface area (Å²) in [5.74, 6) is 1.47. The summed E-state index contributed by atoms with van der Waals surface area (Å²) in [7, 11) is 0. The molecule has 2 nitrogen and oxygen atoms in total. The Hall–Kier alpha value is -1.31. The van der Waals surface area contributed by atoms with Gasteiger partial charge in [0, 0.05) is 25.4 Å². The van der Waals surface area contributed by atoms with Crippen LogP contribution in [0.3, 0.4) is 0 Å². The third-order valence-electron chi connectivity index (χ3n) is 4.34. The summed E-state index contributed by atoms with van der Waals surface area (Å²) in [6.07, 6.45) is 4.05. The molecule has 1 unspecified atom stereocenters. The zero-order valence-corrected chi connectivity index (χ0v) is 13.1. The molecule has 1 heterocycles. The van der Waals surface area contributed by atoms with Crippen LogP contribution in [0, 0.1) is 12.8 Å². The number of carbonyl (C=O) groups excluding carboxylic acids is 1. The zero-order chi connectivity index (χ0) is 14.5. The minimum Gasteiger partial charge on any atom is -0.342 e. The number of nitrogens with zero attached hydrogens (tertiary/aromatic N) is 1. The highest BCUT2D eigenvalue weighted by Crippen LogP contribution is 2.29. The van der Waals surface area contributed by atoms with E-state index in [2.05, 4.69) is 49.9 Å². The number of likely N-dealkylation sites (tertiary alicyclic amines) is 1. The predicted octanol–water partition coefficient (Wildman–Crippen LogP) is 4.14. The normalized spacial score (nSPS) is 19.4. The summed E-state index contributed by atoms with van der Waals surface area (Å²) in [6.45, 7) is 8.38. The molecule has 0 radical (unpaired) electrons. The molecule has 0 spiro atoms. The van der Waals surface area contributed by atoms with Gasteiger partial charge in [-0.15, -0.1) is 0 Å². The van der Waals surface area contributed by atoms with Crippen LogP contribution in [0.15, 0.2) is 24.3 Å². The molecule has 0 N–H and O–H groups in total. The van der Waals surface area contributed by atoms with Crippen LogP contribution in [0.2, 0.25) is 0 Å². The predicted molar refractivity (Wildman–Crippen MR) is 83.8 cm³/mol. The number of hydrogen-bond donors (Lipinski definition) is 0. The van der Waals surface area contributed by atoms with Crippen molar-refractivity contribution in [1.82, 2.24) is 4.90 Å². The lowest BCUT2D eigenvalue weighted by molar-refractivity contribution is -0.132. The summed E-state index contributed by atoms with van der Waals surface area (Å²) < 4.78 is 0. The largest absolute Gasteiger partial charge is 0.342 e. The Bertz CT molecular complexity index is 452. The third kappa shape index (κ3) is 3.84. The highest BCUT2D eigenvalue weighted by atomic mass is 16.2. The van der Waals surface area contributed by atoms with Gasteiger partial charge in [0.2, 0.25) is 5.91 Å². The lowest BCUT2D eigenvalue weighted by Gasteiger charge is -2.34. The molecule has 0 bridgehead atoms. The van der Waals surface area contributed by atoms with Crippen LogP contribution in [-0.4, -0.2) is 23.9 Å². The van der Waals surface area contributed by atoms with Crippen LogP contribution in [0.25, 0.3) is 0 Å². The fourth-order valence-electron chi connectivity index (χ4n) is 3.07. The van der Waals surface area contributed by atoms with Gasteiger partial charge < -0.3 is 4.90 Å². The smallest absolute Gasteiger partial charge is 0.222 e. The van der Waals surface area contributed by atoms with E-state index in [0.717, 1.165) is 25.9 Å². The van der Waals surface area contributed by atoms with E-state index in [4.69, 9.17) is 0 Å². The minimum absolute atomic E-state index is 0.344. The molecular weight excluding hydrogens is 246 g/mol. The molecule has 1 amide bonds. The van der Waals surface area contributed by atoms with Crippen molar-refractivity contribution in [1.29, 1.82) is 0 Å². The van der Waals surface area contributed by atoms with Crippen molar-refractivity contribution in [2.75, 3.05) is 13.1 Å². The summed E-state index contributed by atoms with van der Waals surface area (Å²) in [4.78, 5) is 14.4. The van der Waals surface area contributed by atoms with Gasteiger partial charge in [-0.2, -0.15) is 0 Å². The van der Waals surface area contributed by atoms with Gasteiger partial charge in [-0.05, 0) is 43.2 Å². The van der Waals surface area contributed by atoms with Gasteiger partial charge in [-0.1, -0.05) is 38.1 Å². The SMILES string of the molecule is Cc1ccccc1C1CCCN(C(=O)CCC(C)C)C1. The van der Waals surface area contributed by atoms with Crippen molar-refractivity contribution in [3.63, 3.8) is 0 Å². The van der Waals surface area contributed by atoms with Crippen molar-refractivity contribution < 1.29 is 4.79 Å². The molecule has 1 fully saturated rings. The molecule has 1 aliphatic rings. The van der Waals surface area contributed by atoms with Crippen LogP contribution in [0.5, 0.6) is 0 Å². The molecule has 110 valence electrons. The fraction of sp³-hybridized carbons (Fsp3) is 0.611. The first-order valence-electron chi connectivity index (χ1n) is 7.91. The fourth-order valence-corrected chi connectivity index (χ4v) is 3.07. The number of carbonyl (C=O) groups is 1. The number of aryl methyl sites for hydroxylation is 1. The Morgan fingerprint density at radius 1 is 1.35 bits per heavy atom. The number of hydrogen-bond acceptors (Lipinski definition) is 1. The topological polar surface area (TPSA) is 20.3 Å². The minimum atomic E-state index is 0.344. The van der Waals surface area contributed by atoms with E-state index in [-0.39, 0.29) is 0 Å². The van der Waals surface area contributed by atoms with E-state index in [9.17, 15) is 4.79 Å². The number of rotatable bonds is 4. The van der Waals surface area contributed by atoms with E-state index in [1.54, 1.807) is 0 Å². The monoisotopic (exact) mass is 273 g/mol.